The van der Waals surface area contributed by atoms with E-state index in [1.165, 1.54) is 16.6 Å². The predicted molar refractivity (Wildman–Crippen MR) is 114 cm³/mol. The average Bonchev–Trinajstić information content (AvgIpc) is 3.03. The third kappa shape index (κ3) is 3.40. The highest BCUT2D eigenvalue weighted by Gasteiger charge is 2.43. The van der Waals surface area contributed by atoms with Crippen LogP contribution in [0.15, 0.2) is 30.5 Å². The van der Waals surface area contributed by atoms with Gasteiger partial charge in [0.1, 0.15) is 0 Å². The van der Waals surface area contributed by atoms with Crippen LogP contribution in [0.3, 0.4) is 0 Å². The summed E-state index contributed by atoms with van der Waals surface area (Å²) in [5.74, 6) is 0.719. The van der Waals surface area contributed by atoms with Gasteiger partial charge in [-0.1, -0.05) is 19.1 Å². The van der Waals surface area contributed by atoms with Gasteiger partial charge in [0.2, 0.25) is 0 Å². The van der Waals surface area contributed by atoms with Crippen LogP contribution in [-0.4, -0.2) is 39.4 Å². The molecule has 1 fully saturated rings. The second-order valence-corrected chi connectivity index (χ2v) is 9.97. The number of aromatic nitrogens is 2. The molecule has 2 aliphatic heterocycles. The third-order valence-electron chi connectivity index (χ3n) is 6.86. The molecule has 0 spiro atoms. The van der Waals surface area contributed by atoms with E-state index in [1.54, 1.807) is 0 Å². The van der Waals surface area contributed by atoms with Gasteiger partial charge in [0.15, 0.2) is 0 Å². The van der Waals surface area contributed by atoms with Crippen molar-refractivity contribution in [2.45, 2.75) is 71.0 Å². The number of piperidine rings is 1. The number of hydrogen-bond donors (Lipinski definition) is 1. The number of nitrogens with one attached hydrogen (secondary N) is 1. The van der Waals surface area contributed by atoms with E-state index in [-0.39, 0.29) is 11.1 Å². The Morgan fingerprint density at radius 1 is 1.11 bits per heavy atom. The zero-order valence-electron chi connectivity index (χ0n) is 17.7. The molecular weight excluding hydrogens is 332 g/mol. The van der Waals surface area contributed by atoms with E-state index < -0.39 is 0 Å². The molecule has 1 saturated heterocycles. The van der Waals surface area contributed by atoms with Crippen LogP contribution >= 0.6 is 0 Å². The standard InChI is InChI=1S/C23H34N4/c1-16-7-9-20(24-14-16)17-8-10-21-18(11-17)15-27(25-21)19-12-22(2,3)26(6)23(4,5)13-19/h8-11,15-16,19,24H,7,12-14H2,1-6H3/t16-/m0/s1. The number of fused-ring (bicyclic) bond motifs is 1. The lowest BCUT2D eigenvalue weighted by Crippen LogP contribution is -2.58. The van der Waals surface area contributed by atoms with Crippen LogP contribution in [0.1, 0.15) is 65.5 Å². The third-order valence-corrected chi connectivity index (χ3v) is 6.86. The molecule has 146 valence electrons. The van der Waals surface area contributed by atoms with Crippen molar-refractivity contribution < 1.29 is 0 Å². The van der Waals surface area contributed by atoms with Gasteiger partial charge >= 0.3 is 0 Å². The molecule has 1 aromatic carbocycles. The van der Waals surface area contributed by atoms with E-state index in [2.05, 4.69) is 87.0 Å². The summed E-state index contributed by atoms with van der Waals surface area (Å²) >= 11 is 0. The van der Waals surface area contributed by atoms with Crippen LogP contribution in [0.4, 0.5) is 0 Å². The van der Waals surface area contributed by atoms with Crippen molar-refractivity contribution in [3.05, 3.63) is 36.0 Å². The minimum Gasteiger partial charge on any atom is -0.385 e. The summed E-state index contributed by atoms with van der Waals surface area (Å²) in [5, 5.41) is 9.76. The summed E-state index contributed by atoms with van der Waals surface area (Å²) in [6.45, 7) is 12.8. The molecule has 4 nitrogen and oxygen atoms in total. The number of rotatable bonds is 2. The fraction of sp³-hybridized carbons (Fsp3) is 0.609. The number of likely N-dealkylation sites (tertiary alicyclic amines) is 1. The molecule has 0 amide bonds. The fourth-order valence-corrected chi connectivity index (χ4v) is 4.88. The van der Waals surface area contributed by atoms with E-state index in [4.69, 9.17) is 5.10 Å². The summed E-state index contributed by atoms with van der Waals surface area (Å²) in [7, 11) is 2.26. The maximum absolute atomic E-state index is 4.95. The Kier molecular flexibility index (Phi) is 4.38. The van der Waals surface area contributed by atoms with E-state index in [1.807, 2.05) is 0 Å². The van der Waals surface area contributed by atoms with Crippen molar-refractivity contribution >= 4 is 16.6 Å². The molecule has 3 heterocycles. The van der Waals surface area contributed by atoms with Crippen molar-refractivity contribution in [1.82, 2.24) is 20.0 Å². The lowest BCUT2D eigenvalue weighted by molar-refractivity contribution is -0.0284. The van der Waals surface area contributed by atoms with E-state index in [9.17, 15) is 0 Å². The van der Waals surface area contributed by atoms with Gasteiger partial charge in [0, 0.05) is 34.9 Å². The first-order valence-corrected chi connectivity index (χ1v) is 10.3. The van der Waals surface area contributed by atoms with E-state index >= 15 is 0 Å². The minimum absolute atomic E-state index is 0.170. The molecule has 1 aromatic heterocycles. The molecule has 4 rings (SSSR count). The minimum atomic E-state index is 0.170. The van der Waals surface area contributed by atoms with Gasteiger partial charge in [-0.15, -0.1) is 0 Å². The van der Waals surface area contributed by atoms with Crippen LogP contribution in [-0.2, 0) is 0 Å². The molecule has 2 aromatic rings. The Hall–Kier alpha value is -1.81. The van der Waals surface area contributed by atoms with Gasteiger partial charge in [-0.25, -0.2) is 0 Å². The second kappa shape index (κ2) is 6.37. The molecule has 0 bridgehead atoms. The second-order valence-electron chi connectivity index (χ2n) is 9.97. The van der Waals surface area contributed by atoms with Crippen LogP contribution in [0.5, 0.6) is 0 Å². The predicted octanol–water partition coefficient (Wildman–Crippen LogP) is 4.83. The summed E-state index contributed by atoms with van der Waals surface area (Å²) in [6, 6.07) is 7.11. The lowest BCUT2D eigenvalue weighted by Gasteiger charge is -2.53. The number of benzene rings is 1. The van der Waals surface area contributed by atoms with Crippen LogP contribution in [0, 0.1) is 5.92 Å². The highest BCUT2D eigenvalue weighted by molar-refractivity contribution is 5.83. The molecule has 27 heavy (non-hydrogen) atoms. The lowest BCUT2D eigenvalue weighted by atomic mass is 9.77. The van der Waals surface area contributed by atoms with Gasteiger partial charge in [0.05, 0.1) is 11.6 Å². The van der Waals surface area contributed by atoms with Crippen molar-refractivity contribution in [1.29, 1.82) is 0 Å². The molecule has 1 N–H and O–H groups in total. The van der Waals surface area contributed by atoms with Crippen LogP contribution in [0.25, 0.3) is 16.6 Å². The molecule has 0 unspecified atom stereocenters. The van der Waals surface area contributed by atoms with Crippen molar-refractivity contribution in [2.24, 2.45) is 5.92 Å². The summed E-state index contributed by atoms with van der Waals surface area (Å²) in [6.07, 6.45) is 7.99. The highest BCUT2D eigenvalue weighted by Crippen LogP contribution is 2.42. The monoisotopic (exact) mass is 366 g/mol. The first-order chi connectivity index (χ1) is 12.7. The number of hydrogen-bond acceptors (Lipinski definition) is 3. The van der Waals surface area contributed by atoms with Gasteiger partial charge < -0.3 is 5.32 Å². The fourth-order valence-electron chi connectivity index (χ4n) is 4.88. The molecule has 4 heteroatoms. The maximum atomic E-state index is 4.95. The van der Waals surface area contributed by atoms with Crippen molar-refractivity contribution in [3.8, 4) is 0 Å². The van der Waals surface area contributed by atoms with Crippen molar-refractivity contribution in [2.75, 3.05) is 13.6 Å². The maximum Gasteiger partial charge on any atom is 0.0923 e. The average molecular weight is 367 g/mol. The Morgan fingerprint density at radius 3 is 2.44 bits per heavy atom. The quantitative estimate of drug-likeness (QED) is 0.826. The Bertz CT molecular complexity index is 856. The van der Waals surface area contributed by atoms with E-state index in [0.29, 0.717) is 6.04 Å². The van der Waals surface area contributed by atoms with Gasteiger partial charge in [-0.3, -0.25) is 9.58 Å². The first kappa shape index (κ1) is 18.5. The smallest absolute Gasteiger partial charge is 0.0923 e. The molecule has 0 aliphatic carbocycles. The van der Waals surface area contributed by atoms with Gasteiger partial charge in [-0.2, -0.15) is 5.10 Å². The van der Waals surface area contributed by atoms with Crippen LogP contribution in [0.2, 0.25) is 0 Å². The summed E-state index contributed by atoms with van der Waals surface area (Å²) in [4.78, 5) is 2.53. The summed E-state index contributed by atoms with van der Waals surface area (Å²) in [5.41, 5.74) is 3.98. The van der Waals surface area contributed by atoms with Crippen molar-refractivity contribution in [3.63, 3.8) is 0 Å². The van der Waals surface area contributed by atoms with Crippen LogP contribution < -0.4 is 5.32 Å². The SMILES string of the molecule is C[C@H]1CC=C(c2ccc3nn(C4CC(C)(C)N(C)C(C)(C)C4)cc3c2)NC1. The largest absolute Gasteiger partial charge is 0.385 e. The normalized spacial score (nSPS) is 26.0. The van der Waals surface area contributed by atoms with Gasteiger partial charge in [-0.05, 0) is 77.6 Å². The highest BCUT2D eigenvalue weighted by atomic mass is 15.3. The topological polar surface area (TPSA) is 33.1 Å². The molecule has 1 atom stereocenters. The number of nitrogens with zero attached hydrogens (tertiary/aromatic N) is 3. The zero-order valence-corrected chi connectivity index (χ0v) is 17.7. The number of allylic oxidation sites excluding steroid dienone is 1. The molecule has 0 radical (unpaired) electrons. The molecule has 0 saturated carbocycles. The first-order valence-electron chi connectivity index (χ1n) is 10.3. The zero-order chi connectivity index (χ0) is 19.4. The van der Waals surface area contributed by atoms with Gasteiger partial charge in [0.25, 0.3) is 0 Å². The molecular formula is C23H34N4. The van der Waals surface area contributed by atoms with E-state index in [0.717, 1.165) is 37.2 Å². The Labute approximate surface area is 163 Å². The molecule has 2 aliphatic rings. The Balaban J connectivity index is 1.64. The summed E-state index contributed by atoms with van der Waals surface area (Å²) < 4.78 is 2.23. The Morgan fingerprint density at radius 2 is 1.81 bits per heavy atom.